The van der Waals surface area contributed by atoms with Crippen LogP contribution in [0.25, 0.3) is 0 Å². The molecule has 0 bridgehead atoms. The van der Waals surface area contributed by atoms with Gasteiger partial charge in [0.1, 0.15) is 5.82 Å². The number of nitrogens with zero attached hydrogens (tertiary/aromatic N) is 3. The molecule has 2 fully saturated rings. The number of amides is 1. The lowest BCUT2D eigenvalue weighted by molar-refractivity contribution is 0.0625. The smallest absolute Gasteiger partial charge is 0.289 e. The van der Waals surface area contributed by atoms with E-state index in [-0.39, 0.29) is 5.91 Å². The third-order valence-electron chi connectivity index (χ3n) is 5.65. The van der Waals surface area contributed by atoms with E-state index in [9.17, 15) is 4.79 Å². The Kier molecular flexibility index (Phi) is 5.11. The Bertz CT molecular complexity index is 732. The van der Waals surface area contributed by atoms with E-state index >= 15 is 0 Å². The van der Waals surface area contributed by atoms with E-state index in [0.29, 0.717) is 17.6 Å². The largest absolute Gasteiger partial charge is 0.459 e. The minimum absolute atomic E-state index is 0.00621. The van der Waals surface area contributed by atoms with Crippen molar-refractivity contribution in [2.75, 3.05) is 26.3 Å². The van der Waals surface area contributed by atoms with Crippen LogP contribution in [0, 0.1) is 12.8 Å². The third kappa shape index (κ3) is 3.56. The van der Waals surface area contributed by atoms with Crippen LogP contribution in [-0.2, 0) is 11.3 Å². The molecule has 0 saturated carbocycles. The van der Waals surface area contributed by atoms with Crippen molar-refractivity contribution in [3.63, 3.8) is 0 Å². The summed E-state index contributed by atoms with van der Waals surface area (Å²) in [5.41, 5.74) is 1.21. The van der Waals surface area contributed by atoms with E-state index in [1.807, 2.05) is 11.1 Å². The molecule has 2 aliphatic heterocycles. The summed E-state index contributed by atoms with van der Waals surface area (Å²) in [5, 5.41) is 0. The summed E-state index contributed by atoms with van der Waals surface area (Å²) in [6.07, 6.45) is 7.82. The number of aryl methyl sites for hydroxylation is 1. The van der Waals surface area contributed by atoms with Gasteiger partial charge in [-0.05, 0) is 50.7 Å². The lowest BCUT2D eigenvalue weighted by Gasteiger charge is -2.33. The lowest BCUT2D eigenvalue weighted by atomic mass is 9.96. The molecule has 4 heterocycles. The van der Waals surface area contributed by atoms with Gasteiger partial charge in [0, 0.05) is 50.7 Å². The van der Waals surface area contributed by atoms with E-state index in [1.54, 1.807) is 18.4 Å². The summed E-state index contributed by atoms with van der Waals surface area (Å²) in [6.45, 7) is 6.30. The number of imidazole rings is 1. The first-order valence-corrected chi connectivity index (χ1v) is 9.65. The number of rotatable bonds is 4. The van der Waals surface area contributed by atoms with E-state index < -0.39 is 0 Å². The molecule has 1 atom stereocenters. The van der Waals surface area contributed by atoms with Crippen LogP contribution in [0.5, 0.6) is 0 Å². The van der Waals surface area contributed by atoms with Gasteiger partial charge in [-0.2, -0.15) is 0 Å². The Morgan fingerprint density at radius 3 is 2.92 bits per heavy atom. The molecule has 2 aliphatic rings. The molecule has 0 aromatic carbocycles. The van der Waals surface area contributed by atoms with Crippen LogP contribution < -0.4 is 0 Å². The van der Waals surface area contributed by atoms with Crippen molar-refractivity contribution in [1.29, 1.82) is 0 Å². The van der Waals surface area contributed by atoms with Gasteiger partial charge in [-0.1, -0.05) is 0 Å². The van der Waals surface area contributed by atoms with E-state index in [0.717, 1.165) is 58.5 Å². The van der Waals surface area contributed by atoms with Crippen molar-refractivity contribution in [2.45, 2.75) is 45.1 Å². The lowest BCUT2D eigenvalue weighted by Crippen LogP contribution is -2.41. The van der Waals surface area contributed by atoms with Crippen molar-refractivity contribution in [3.05, 3.63) is 41.9 Å². The molecule has 1 unspecified atom stereocenters. The van der Waals surface area contributed by atoms with Gasteiger partial charge in [-0.15, -0.1) is 0 Å². The molecule has 26 heavy (non-hydrogen) atoms. The zero-order valence-electron chi connectivity index (χ0n) is 15.4. The monoisotopic (exact) mass is 357 g/mol. The average Bonchev–Trinajstić information content (AvgIpc) is 3.33. The van der Waals surface area contributed by atoms with Gasteiger partial charge in [0.05, 0.1) is 6.26 Å². The predicted molar refractivity (Wildman–Crippen MR) is 97.1 cm³/mol. The second kappa shape index (κ2) is 7.66. The van der Waals surface area contributed by atoms with Crippen molar-refractivity contribution in [1.82, 2.24) is 14.5 Å². The van der Waals surface area contributed by atoms with Crippen LogP contribution >= 0.6 is 0 Å². The maximum atomic E-state index is 12.6. The highest BCUT2D eigenvalue weighted by Gasteiger charge is 2.28. The predicted octanol–water partition coefficient (Wildman–Crippen LogP) is 3.23. The highest BCUT2D eigenvalue weighted by molar-refractivity contribution is 5.91. The molecule has 2 saturated heterocycles. The molecule has 0 radical (unpaired) electrons. The quantitative estimate of drug-likeness (QED) is 0.843. The minimum Gasteiger partial charge on any atom is -0.459 e. The zero-order valence-corrected chi connectivity index (χ0v) is 15.4. The Morgan fingerprint density at radius 2 is 2.15 bits per heavy atom. The third-order valence-corrected chi connectivity index (χ3v) is 5.65. The number of hydrogen-bond acceptors (Lipinski definition) is 4. The summed E-state index contributed by atoms with van der Waals surface area (Å²) in [6, 6.07) is 3.51. The van der Waals surface area contributed by atoms with Gasteiger partial charge in [0.2, 0.25) is 0 Å². The Morgan fingerprint density at radius 1 is 1.31 bits per heavy atom. The molecule has 2 aromatic rings. The van der Waals surface area contributed by atoms with Crippen LogP contribution in [0.4, 0.5) is 0 Å². The molecule has 0 N–H and O–H groups in total. The summed E-state index contributed by atoms with van der Waals surface area (Å²) in [7, 11) is 0. The maximum absolute atomic E-state index is 12.6. The fraction of sp³-hybridized carbons (Fsp3) is 0.600. The molecule has 0 spiro atoms. The van der Waals surface area contributed by atoms with Crippen molar-refractivity contribution < 1.29 is 13.9 Å². The standard InChI is InChI=1S/C20H27N3O3/c1-15-12-21-19(17-6-10-25-11-7-17)23(15)14-16-4-2-8-22(13-16)20(24)18-5-3-9-26-18/h3,5,9,12,16-17H,2,4,6-8,10-11,13-14H2,1H3. The fourth-order valence-electron chi connectivity index (χ4n) is 4.21. The first-order chi connectivity index (χ1) is 12.7. The topological polar surface area (TPSA) is 60.5 Å². The summed E-state index contributed by atoms with van der Waals surface area (Å²) in [4.78, 5) is 19.2. The normalized spacial score (nSPS) is 21.9. The number of aromatic nitrogens is 2. The van der Waals surface area contributed by atoms with Gasteiger partial charge in [-0.3, -0.25) is 4.79 Å². The molecule has 2 aromatic heterocycles. The first-order valence-electron chi connectivity index (χ1n) is 9.65. The molecule has 6 heteroatoms. The van der Waals surface area contributed by atoms with Crippen LogP contribution in [0.3, 0.4) is 0 Å². The molecule has 4 rings (SSSR count). The van der Waals surface area contributed by atoms with Crippen molar-refractivity contribution in [3.8, 4) is 0 Å². The SMILES string of the molecule is Cc1cnc(C2CCOCC2)n1CC1CCCN(C(=O)c2ccco2)C1. The Hall–Kier alpha value is -2.08. The van der Waals surface area contributed by atoms with Gasteiger partial charge in [0.25, 0.3) is 5.91 Å². The number of furan rings is 1. The summed E-state index contributed by atoms with van der Waals surface area (Å²) < 4.78 is 13.2. The molecular formula is C20H27N3O3. The fourth-order valence-corrected chi connectivity index (χ4v) is 4.21. The average molecular weight is 357 g/mol. The number of likely N-dealkylation sites (tertiary alicyclic amines) is 1. The van der Waals surface area contributed by atoms with Crippen molar-refractivity contribution >= 4 is 5.91 Å². The van der Waals surface area contributed by atoms with Gasteiger partial charge in [0.15, 0.2) is 5.76 Å². The van der Waals surface area contributed by atoms with E-state index in [4.69, 9.17) is 14.1 Å². The zero-order chi connectivity index (χ0) is 17.9. The summed E-state index contributed by atoms with van der Waals surface area (Å²) in [5.74, 6) is 2.58. The van der Waals surface area contributed by atoms with Crippen molar-refractivity contribution in [2.24, 2.45) is 5.92 Å². The number of piperidine rings is 1. The second-order valence-electron chi connectivity index (χ2n) is 7.49. The van der Waals surface area contributed by atoms with Gasteiger partial charge < -0.3 is 18.6 Å². The number of carbonyl (C=O) groups is 1. The Balaban J connectivity index is 1.45. The molecule has 140 valence electrons. The minimum atomic E-state index is 0.00621. The second-order valence-corrected chi connectivity index (χ2v) is 7.49. The highest BCUT2D eigenvalue weighted by atomic mass is 16.5. The molecular weight excluding hydrogens is 330 g/mol. The number of ether oxygens (including phenoxy) is 1. The number of carbonyl (C=O) groups excluding carboxylic acids is 1. The number of hydrogen-bond donors (Lipinski definition) is 0. The maximum Gasteiger partial charge on any atom is 0.289 e. The highest BCUT2D eigenvalue weighted by Crippen LogP contribution is 2.29. The van der Waals surface area contributed by atoms with E-state index in [1.165, 1.54) is 11.5 Å². The molecule has 0 aliphatic carbocycles. The van der Waals surface area contributed by atoms with Crippen LogP contribution in [0.1, 0.15) is 53.7 Å². The summed E-state index contributed by atoms with van der Waals surface area (Å²) >= 11 is 0. The molecule has 6 nitrogen and oxygen atoms in total. The van der Waals surface area contributed by atoms with Crippen LogP contribution in [0.2, 0.25) is 0 Å². The van der Waals surface area contributed by atoms with Gasteiger partial charge >= 0.3 is 0 Å². The van der Waals surface area contributed by atoms with Gasteiger partial charge in [-0.25, -0.2) is 4.98 Å². The Labute approximate surface area is 154 Å². The van der Waals surface area contributed by atoms with E-state index in [2.05, 4.69) is 11.5 Å². The van der Waals surface area contributed by atoms with Crippen LogP contribution in [-0.4, -0.2) is 46.7 Å². The first kappa shape index (κ1) is 17.3. The molecule has 1 amide bonds. The van der Waals surface area contributed by atoms with Crippen LogP contribution in [0.15, 0.2) is 29.0 Å².